The Morgan fingerprint density at radius 2 is 1.35 bits per heavy atom. The molecule has 1 aromatic heterocycles. The molecule has 0 N–H and O–H groups in total. The Kier molecular flexibility index (Phi) is 7.53. The minimum absolute atomic E-state index is 0.0779. The Hall–Kier alpha value is -3.94. The number of ether oxygens (including phenoxy) is 2. The third-order valence-electron chi connectivity index (χ3n) is 4.61. The first-order valence-electron chi connectivity index (χ1n) is 9.61. The molecule has 8 heteroatoms. The zero-order valence-corrected chi connectivity index (χ0v) is 16.6. The first-order chi connectivity index (χ1) is 15.0. The van der Waals surface area contributed by atoms with Crippen LogP contribution in [0.4, 0.5) is 0 Å². The molecule has 1 heterocycles. The number of nitrogens with zero attached hydrogens (tertiary/aromatic N) is 1. The van der Waals surface area contributed by atoms with Gasteiger partial charge in [0.25, 0.3) is 0 Å². The van der Waals surface area contributed by atoms with Crippen LogP contribution in [0, 0.1) is 16.0 Å². The van der Waals surface area contributed by atoms with Gasteiger partial charge >= 0.3 is 11.9 Å². The fourth-order valence-corrected chi connectivity index (χ4v) is 3.08. The molecule has 0 unspecified atom stereocenters. The summed E-state index contributed by atoms with van der Waals surface area (Å²) in [6.45, 7) is -0.851. The van der Waals surface area contributed by atoms with Crippen molar-refractivity contribution in [3.63, 3.8) is 0 Å². The van der Waals surface area contributed by atoms with Crippen molar-refractivity contribution in [1.29, 1.82) is 0 Å². The number of nitro groups is 1. The highest BCUT2D eigenvalue weighted by Gasteiger charge is 2.43. The summed E-state index contributed by atoms with van der Waals surface area (Å²) in [6, 6.07) is 20.8. The molecule has 31 heavy (non-hydrogen) atoms. The Morgan fingerprint density at radius 1 is 0.839 bits per heavy atom. The highest BCUT2D eigenvalue weighted by Crippen LogP contribution is 2.29. The van der Waals surface area contributed by atoms with Gasteiger partial charge in [0.2, 0.25) is 6.54 Å². The Morgan fingerprint density at radius 3 is 1.77 bits per heavy atom. The van der Waals surface area contributed by atoms with Gasteiger partial charge in [-0.2, -0.15) is 0 Å². The van der Waals surface area contributed by atoms with Crippen LogP contribution in [0.3, 0.4) is 0 Å². The zero-order valence-electron chi connectivity index (χ0n) is 16.6. The van der Waals surface area contributed by atoms with E-state index in [2.05, 4.69) is 0 Å². The number of hydrogen-bond acceptors (Lipinski definition) is 7. The van der Waals surface area contributed by atoms with Gasteiger partial charge in [0.15, 0.2) is 5.92 Å². The van der Waals surface area contributed by atoms with Crippen LogP contribution in [0.2, 0.25) is 0 Å². The van der Waals surface area contributed by atoms with Crippen LogP contribution in [0.5, 0.6) is 0 Å². The van der Waals surface area contributed by atoms with E-state index in [4.69, 9.17) is 13.9 Å². The van der Waals surface area contributed by atoms with Crippen molar-refractivity contribution in [3.05, 3.63) is 106 Å². The second-order valence-corrected chi connectivity index (χ2v) is 6.80. The van der Waals surface area contributed by atoms with Crippen molar-refractivity contribution in [3.8, 4) is 0 Å². The summed E-state index contributed by atoms with van der Waals surface area (Å²) >= 11 is 0. The summed E-state index contributed by atoms with van der Waals surface area (Å²) in [5.74, 6) is -4.41. The molecule has 2 aromatic carbocycles. The molecule has 0 saturated carbocycles. The standard InChI is InChI=1S/C23H21NO7/c25-22(30-15-17-8-3-1-4-9-17)21(19(14-24(27)28)20-12-7-13-29-20)23(26)31-16-18-10-5-2-6-11-18/h1-13,19,21H,14-16H2/t19-/m0/s1. The molecule has 1 atom stereocenters. The Bertz CT molecular complexity index is 932. The van der Waals surface area contributed by atoms with Crippen LogP contribution in [-0.4, -0.2) is 23.4 Å². The van der Waals surface area contributed by atoms with Crippen molar-refractivity contribution in [2.24, 2.45) is 5.92 Å². The topological polar surface area (TPSA) is 109 Å². The van der Waals surface area contributed by atoms with Gasteiger partial charge in [0.1, 0.15) is 24.9 Å². The number of carbonyl (C=O) groups is 2. The molecule has 0 bridgehead atoms. The maximum Gasteiger partial charge on any atom is 0.321 e. The van der Waals surface area contributed by atoms with Gasteiger partial charge in [0.05, 0.1) is 6.26 Å². The van der Waals surface area contributed by atoms with Gasteiger partial charge in [-0.1, -0.05) is 60.7 Å². The molecule has 0 aliphatic rings. The molecular formula is C23H21NO7. The zero-order chi connectivity index (χ0) is 22.1. The van der Waals surface area contributed by atoms with Gasteiger partial charge in [-0.25, -0.2) is 0 Å². The van der Waals surface area contributed by atoms with Crippen LogP contribution in [-0.2, 0) is 32.3 Å². The monoisotopic (exact) mass is 423 g/mol. The Balaban J connectivity index is 1.81. The molecular weight excluding hydrogens is 402 g/mol. The smallest absolute Gasteiger partial charge is 0.321 e. The van der Waals surface area contributed by atoms with E-state index < -0.39 is 35.2 Å². The lowest BCUT2D eigenvalue weighted by Crippen LogP contribution is -2.36. The number of benzene rings is 2. The lowest BCUT2D eigenvalue weighted by atomic mass is 9.90. The summed E-state index contributed by atoms with van der Waals surface area (Å²) in [7, 11) is 0. The van der Waals surface area contributed by atoms with Crippen LogP contribution in [0.15, 0.2) is 83.5 Å². The van der Waals surface area contributed by atoms with Crippen molar-refractivity contribution in [2.45, 2.75) is 19.1 Å². The average molecular weight is 423 g/mol. The van der Waals surface area contributed by atoms with Crippen LogP contribution in [0.1, 0.15) is 22.8 Å². The normalized spacial score (nSPS) is 11.6. The van der Waals surface area contributed by atoms with Crippen molar-refractivity contribution < 1.29 is 28.4 Å². The average Bonchev–Trinajstić information content (AvgIpc) is 3.32. The van der Waals surface area contributed by atoms with Crippen LogP contribution < -0.4 is 0 Å². The predicted molar refractivity (Wildman–Crippen MR) is 109 cm³/mol. The molecule has 0 aliphatic heterocycles. The second kappa shape index (κ2) is 10.7. The number of furan rings is 1. The van der Waals surface area contributed by atoms with Crippen molar-refractivity contribution in [1.82, 2.24) is 0 Å². The molecule has 3 aromatic rings. The van der Waals surface area contributed by atoms with Crippen molar-refractivity contribution in [2.75, 3.05) is 6.54 Å². The van der Waals surface area contributed by atoms with E-state index in [9.17, 15) is 19.7 Å². The summed E-state index contributed by atoms with van der Waals surface area (Å²) in [5.41, 5.74) is 1.44. The molecule has 0 amide bonds. The number of esters is 2. The second-order valence-electron chi connectivity index (χ2n) is 6.80. The third kappa shape index (κ3) is 6.27. The van der Waals surface area contributed by atoms with Gasteiger partial charge in [-0.15, -0.1) is 0 Å². The first kappa shape index (κ1) is 21.8. The molecule has 0 fully saturated rings. The van der Waals surface area contributed by atoms with Gasteiger partial charge in [0, 0.05) is 4.92 Å². The maximum atomic E-state index is 12.9. The lowest BCUT2D eigenvalue weighted by molar-refractivity contribution is -0.484. The minimum atomic E-state index is -1.55. The summed E-state index contributed by atoms with van der Waals surface area (Å²) < 4.78 is 15.9. The first-order valence-corrected chi connectivity index (χ1v) is 9.61. The minimum Gasteiger partial charge on any atom is -0.469 e. The van der Waals surface area contributed by atoms with E-state index in [0.29, 0.717) is 0 Å². The van der Waals surface area contributed by atoms with E-state index >= 15 is 0 Å². The molecule has 0 aliphatic carbocycles. The third-order valence-corrected chi connectivity index (χ3v) is 4.61. The van der Waals surface area contributed by atoms with E-state index in [-0.39, 0.29) is 19.0 Å². The van der Waals surface area contributed by atoms with Crippen molar-refractivity contribution >= 4 is 11.9 Å². The molecule has 0 saturated heterocycles. The fourth-order valence-electron chi connectivity index (χ4n) is 3.08. The van der Waals surface area contributed by atoms with Gasteiger partial charge in [-0.05, 0) is 23.3 Å². The van der Waals surface area contributed by atoms with Crippen LogP contribution >= 0.6 is 0 Å². The summed E-state index contributed by atoms with van der Waals surface area (Å²) in [4.78, 5) is 36.5. The van der Waals surface area contributed by atoms with Gasteiger partial charge in [-0.3, -0.25) is 19.7 Å². The van der Waals surface area contributed by atoms with Crippen LogP contribution in [0.25, 0.3) is 0 Å². The summed E-state index contributed by atoms with van der Waals surface area (Å²) in [6.07, 6.45) is 1.32. The SMILES string of the molecule is O=C(OCc1ccccc1)C(C(=O)OCc1ccccc1)[C@@H](C[N+](=O)[O-])c1ccco1. The van der Waals surface area contributed by atoms with Gasteiger partial charge < -0.3 is 13.9 Å². The molecule has 0 spiro atoms. The predicted octanol–water partition coefficient (Wildman–Crippen LogP) is 3.74. The van der Waals surface area contributed by atoms with E-state index in [0.717, 1.165) is 11.1 Å². The maximum absolute atomic E-state index is 12.9. The highest BCUT2D eigenvalue weighted by molar-refractivity contribution is 5.96. The molecule has 3 rings (SSSR count). The molecule has 8 nitrogen and oxygen atoms in total. The molecule has 0 radical (unpaired) electrons. The fraction of sp³-hybridized carbons (Fsp3) is 0.217. The highest BCUT2D eigenvalue weighted by atomic mass is 16.6. The van der Waals surface area contributed by atoms with E-state index in [1.807, 2.05) is 12.1 Å². The summed E-state index contributed by atoms with van der Waals surface area (Å²) in [5, 5.41) is 11.3. The van der Waals surface area contributed by atoms with E-state index in [1.165, 1.54) is 18.4 Å². The largest absolute Gasteiger partial charge is 0.469 e. The number of hydrogen-bond donors (Lipinski definition) is 0. The quantitative estimate of drug-likeness (QED) is 0.211. The molecule has 160 valence electrons. The number of carbonyl (C=O) groups excluding carboxylic acids is 2. The Labute approximate surface area is 178 Å². The number of rotatable bonds is 10. The lowest BCUT2D eigenvalue weighted by Gasteiger charge is -2.20. The van der Waals surface area contributed by atoms with E-state index in [1.54, 1.807) is 48.5 Å².